The molecule has 2 aromatic carbocycles. The number of hydrogen-bond donors (Lipinski definition) is 1. The highest BCUT2D eigenvalue weighted by Gasteiger charge is 2.52. The lowest BCUT2D eigenvalue weighted by atomic mass is 9.48. The fourth-order valence-corrected chi connectivity index (χ4v) is 7.51. The first kappa shape index (κ1) is 24.3. The monoisotopic (exact) mass is 496 g/mol. The van der Waals surface area contributed by atoms with Gasteiger partial charge in [0.25, 0.3) is 0 Å². The lowest BCUT2D eigenvalue weighted by Crippen LogP contribution is -2.48. The number of benzene rings is 2. The molecule has 4 fully saturated rings. The van der Waals surface area contributed by atoms with Gasteiger partial charge in [0.05, 0.1) is 18.8 Å². The van der Waals surface area contributed by atoms with Crippen molar-refractivity contribution in [3.05, 3.63) is 59.2 Å². The molecule has 6 nitrogen and oxygen atoms in total. The van der Waals surface area contributed by atoms with Crippen molar-refractivity contribution in [1.82, 2.24) is 0 Å². The van der Waals surface area contributed by atoms with Gasteiger partial charge in [-0.1, -0.05) is 0 Å². The summed E-state index contributed by atoms with van der Waals surface area (Å²) in [7, 11) is 1.64. The van der Waals surface area contributed by atoms with Crippen LogP contribution in [0.3, 0.4) is 0 Å². The van der Waals surface area contributed by atoms with Crippen molar-refractivity contribution >= 4 is 22.8 Å². The van der Waals surface area contributed by atoms with Gasteiger partial charge in [-0.05, 0) is 116 Å². The van der Waals surface area contributed by atoms with Gasteiger partial charge in [-0.15, -0.1) is 0 Å². The molecule has 2 aromatic rings. The number of aromatic carboxylic acids is 1. The number of rotatable bonds is 10. The topological polar surface area (TPSA) is 82.1 Å². The van der Waals surface area contributed by atoms with E-state index in [-0.39, 0.29) is 22.9 Å². The number of thioether (sulfide) groups is 1. The Hall–Kier alpha value is -2.35. The maximum Gasteiger partial charge on any atom is 0.335 e. The number of methoxy groups -OCH3 is 1. The van der Waals surface area contributed by atoms with E-state index in [9.17, 15) is 9.59 Å². The van der Waals surface area contributed by atoms with Crippen LogP contribution in [0, 0.1) is 17.8 Å². The maximum atomic E-state index is 13.2. The fourth-order valence-electron chi connectivity index (χ4n) is 6.78. The molecule has 4 bridgehead atoms. The second-order valence-electron chi connectivity index (χ2n) is 10.3. The zero-order valence-corrected chi connectivity index (χ0v) is 20.9. The molecule has 4 saturated carbocycles. The molecule has 1 N–H and O–H groups in total. The standard InChI is InChI=1S/C28H32O6S/c1-32-8-9-33-17-34-25-7-4-22(27(31)35-23-5-2-21(3-6-23)26(29)30)13-24(25)28-14-18-10-19(15-28)12-20(11-18)16-28/h2-7,13,18-20H,8-12,14-17H2,1H3,(H,29,30). The largest absolute Gasteiger partial charge is 0.478 e. The molecule has 0 aliphatic heterocycles. The first-order valence-corrected chi connectivity index (χ1v) is 13.2. The summed E-state index contributed by atoms with van der Waals surface area (Å²) in [5.74, 6) is 2.15. The Morgan fingerprint density at radius 1 is 0.943 bits per heavy atom. The van der Waals surface area contributed by atoms with Crippen molar-refractivity contribution in [3.63, 3.8) is 0 Å². The van der Waals surface area contributed by atoms with Gasteiger partial charge >= 0.3 is 5.97 Å². The van der Waals surface area contributed by atoms with Crippen molar-refractivity contribution in [2.75, 3.05) is 27.1 Å². The Morgan fingerprint density at radius 3 is 2.17 bits per heavy atom. The summed E-state index contributed by atoms with van der Waals surface area (Å²) in [6.45, 7) is 1.14. The summed E-state index contributed by atoms with van der Waals surface area (Å²) < 4.78 is 16.7. The Balaban J connectivity index is 1.39. The van der Waals surface area contributed by atoms with Crippen molar-refractivity contribution in [2.45, 2.75) is 48.8 Å². The number of carbonyl (C=O) groups is 2. The van der Waals surface area contributed by atoms with Gasteiger partial charge in [-0.3, -0.25) is 4.79 Å². The number of hydrogen-bond acceptors (Lipinski definition) is 6. The molecule has 0 aromatic heterocycles. The van der Waals surface area contributed by atoms with Crippen molar-refractivity contribution in [3.8, 4) is 5.75 Å². The second kappa shape index (κ2) is 10.3. The molecule has 35 heavy (non-hydrogen) atoms. The maximum absolute atomic E-state index is 13.2. The molecule has 4 aliphatic rings. The van der Waals surface area contributed by atoms with Crippen LogP contribution in [0.4, 0.5) is 0 Å². The Kier molecular flexibility index (Phi) is 7.19. The van der Waals surface area contributed by atoms with Gasteiger partial charge in [-0.2, -0.15) is 0 Å². The van der Waals surface area contributed by atoms with E-state index < -0.39 is 5.97 Å². The van der Waals surface area contributed by atoms with Crippen LogP contribution in [0.5, 0.6) is 5.75 Å². The highest BCUT2D eigenvalue weighted by atomic mass is 32.2. The molecule has 6 rings (SSSR count). The van der Waals surface area contributed by atoms with E-state index in [0.29, 0.717) is 18.8 Å². The zero-order chi connectivity index (χ0) is 24.4. The summed E-state index contributed by atoms with van der Waals surface area (Å²) in [5, 5.41) is 9.06. The second-order valence-corrected chi connectivity index (χ2v) is 11.3. The summed E-state index contributed by atoms with van der Waals surface area (Å²) >= 11 is 1.12. The van der Waals surface area contributed by atoms with Gasteiger partial charge < -0.3 is 19.3 Å². The van der Waals surface area contributed by atoms with Gasteiger partial charge in [-0.25, -0.2) is 4.79 Å². The number of carboxylic acids is 1. The highest BCUT2D eigenvalue weighted by Crippen LogP contribution is 2.62. The van der Waals surface area contributed by atoms with E-state index in [2.05, 4.69) is 6.07 Å². The molecule has 0 saturated heterocycles. The lowest BCUT2D eigenvalue weighted by Gasteiger charge is -2.57. The predicted octanol–water partition coefficient (Wildman–Crippen LogP) is 5.78. The van der Waals surface area contributed by atoms with Crippen LogP contribution in [0.25, 0.3) is 0 Å². The highest BCUT2D eigenvalue weighted by molar-refractivity contribution is 8.14. The van der Waals surface area contributed by atoms with E-state index in [0.717, 1.165) is 45.7 Å². The minimum Gasteiger partial charge on any atom is -0.478 e. The van der Waals surface area contributed by atoms with Crippen LogP contribution in [-0.4, -0.2) is 43.3 Å². The van der Waals surface area contributed by atoms with E-state index in [1.807, 2.05) is 12.1 Å². The smallest absolute Gasteiger partial charge is 0.335 e. The minimum absolute atomic E-state index is 0.0538. The van der Waals surface area contributed by atoms with E-state index >= 15 is 0 Å². The average molecular weight is 497 g/mol. The van der Waals surface area contributed by atoms with E-state index in [4.69, 9.17) is 19.3 Å². The number of ether oxygens (including phenoxy) is 3. The van der Waals surface area contributed by atoms with Gasteiger partial charge in [0, 0.05) is 23.1 Å². The first-order chi connectivity index (χ1) is 17.0. The summed E-state index contributed by atoms with van der Waals surface area (Å²) in [6.07, 6.45) is 7.53. The third kappa shape index (κ3) is 5.27. The van der Waals surface area contributed by atoms with Crippen molar-refractivity contribution in [2.24, 2.45) is 17.8 Å². The lowest BCUT2D eigenvalue weighted by molar-refractivity contribution is -0.0189. The normalized spacial score (nSPS) is 26.6. The summed E-state index contributed by atoms with van der Waals surface area (Å²) in [4.78, 5) is 25.1. The molecule has 7 heteroatoms. The van der Waals surface area contributed by atoms with Gasteiger partial charge in [0.2, 0.25) is 5.12 Å². The van der Waals surface area contributed by atoms with Crippen molar-refractivity contribution in [1.29, 1.82) is 0 Å². The molecule has 0 atom stereocenters. The molecule has 0 heterocycles. The van der Waals surface area contributed by atoms with E-state index in [1.54, 1.807) is 19.2 Å². The van der Waals surface area contributed by atoms with Crippen LogP contribution in [0.2, 0.25) is 0 Å². The Labute approximate surface area is 210 Å². The molecule has 0 radical (unpaired) electrons. The first-order valence-electron chi connectivity index (χ1n) is 12.4. The molecule has 0 amide bonds. The average Bonchev–Trinajstić information content (AvgIpc) is 2.83. The van der Waals surface area contributed by atoms with Gasteiger partial charge in [0.15, 0.2) is 6.79 Å². The molecule has 0 spiro atoms. The molecular weight excluding hydrogens is 464 g/mol. The van der Waals surface area contributed by atoms with Crippen molar-refractivity contribution < 1.29 is 28.9 Å². The third-order valence-electron chi connectivity index (χ3n) is 7.87. The zero-order valence-electron chi connectivity index (χ0n) is 20.0. The number of carbonyl (C=O) groups excluding carboxylic acids is 1. The van der Waals surface area contributed by atoms with Crippen LogP contribution >= 0.6 is 11.8 Å². The Bertz CT molecular complexity index is 1040. The third-order valence-corrected chi connectivity index (χ3v) is 8.80. The summed E-state index contributed by atoms with van der Waals surface area (Å²) in [5.41, 5.74) is 2.08. The molecular formula is C28H32O6S. The quantitative estimate of drug-likeness (QED) is 0.253. The molecule has 4 aliphatic carbocycles. The van der Waals surface area contributed by atoms with Gasteiger partial charge in [0.1, 0.15) is 5.75 Å². The van der Waals surface area contributed by atoms with E-state index in [1.165, 1.54) is 50.7 Å². The van der Waals surface area contributed by atoms with Crippen LogP contribution < -0.4 is 4.74 Å². The molecule has 186 valence electrons. The van der Waals surface area contributed by atoms with Crippen LogP contribution in [-0.2, 0) is 14.9 Å². The SMILES string of the molecule is COCCOCOc1ccc(C(=O)Sc2ccc(C(=O)O)cc2)cc1C12CC3CC(CC(C3)C1)C2. The fraction of sp³-hybridized carbons (Fsp3) is 0.500. The van der Waals surface area contributed by atoms with Crippen LogP contribution in [0.15, 0.2) is 47.4 Å². The Morgan fingerprint density at radius 2 is 1.57 bits per heavy atom. The number of carboxylic acid groups (broad SMARTS) is 1. The molecule has 0 unspecified atom stereocenters. The predicted molar refractivity (Wildman–Crippen MR) is 133 cm³/mol. The summed E-state index contributed by atoms with van der Waals surface area (Å²) in [6, 6.07) is 12.2. The minimum atomic E-state index is -0.977. The van der Waals surface area contributed by atoms with Crippen LogP contribution in [0.1, 0.15) is 64.8 Å².